The highest BCUT2D eigenvalue weighted by molar-refractivity contribution is 9.08. The Morgan fingerprint density at radius 3 is 2.08 bits per heavy atom. The fourth-order valence-corrected chi connectivity index (χ4v) is 1.10. The molecular weight excluding hydrogens is 216 g/mol. The van der Waals surface area contributed by atoms with Gasteiger partial charge in [0.1, 0.15) is 5.82 Å². The van der Waals surface area contributed by atoms with Gasteiger partial charge in [-0.1, -0.05) is 36.7 Å². The second-order valence-electron chi connectivity index (χ2n) is 3.80. The summed E-state index contributed by atoms with van der Waals surface area (Å²) >= 11 is 3.35. The van der Waals surface area contributed by atoms with E-state index in [1.807, 2.05) is 12.4 Å². The Morgan fingerprint density at radius 1 is 1.25 bits per heavy atom. The van der Waals surface area contributed by atoms with E-state index in [1.165, 1.54) is 0 Å². The number of alkyl halides is 1. The maximum absolute atomic E-state index is 4.28. The molecule has 0 amide bonds. The van der Waals surface area contributed by atoms with Crippen LogP contribution in [0.5, 0.6) is 0 Å². The highest BCUT2D eigenvalue weighted by atomic mass is 79.9. The lowest BCUT2D eigenvalue weighted by Gasteiger charge is -2.15. The van der Waals surface area contributed by atoms with Gasteiger partial charge in [0.25, 0.3) is 0 Å². The Balaban J connectivity index is 2.93. The van der Waals surface area contributed by atoms with Gasteiger partial charge in [-0.2, -0.15) is 0 Å². The molecule has 0 aliphatic carbocycles. The van der Waals surface area contributed by atoms with Crippen LogP contribution in [0.3, 0.4) is 0 Å². The van der Waals surface area contributed by atoms with Gasteiger partial charge in [-0.15, -0.1) is 0 Å². The van der Waals surface area contributed by atoms with E-state index >= 15 is 0 Å². The van der Waals surface area contributed by atoms with Gasteiger partial charge in [-0.25, -0.2) is 9.97 Å². The molecule has 12 heavy (non-hydrogen) atoms. The second kappa shape index (κ2) is 3.52. The van der Waals surface area contributed by atoms with E-state index in [-0.39, 0.29) is 5.41 Å². The smallest absolute Gasteiger partial charge is 0.133 e. The van der Waals surface area contributed by atoms with Gasteiger partial charge in [0.05, 0.1) is 0 Å². The molecule has 1 aromatic heterocycles. The molecule has 0 bridgehead atoms. The summed E-state index contributed by atoms with van der Waals surface area (Å²) < 4.78 is 0. The number of rotatable bonds is 1. The third kappa shape index (κ3) is 2.27. The minimum atomic E-state index is 0.0465. The number of halogens is 1. The van der Waals surface area contributed by atoms with E-state index in [1.54, 1.807) is 0 Å². The van der Waals surface area contributed by atoms with E-state index in [4.69, 9.17) is 0 Å². The molecule has 0 saturated carbocycles. The molecule has 0 radical (unpaired) electrons. The molecule has 0 atom stereocenters. The third-order valence-corrected chi connectivity index (χ3v) is 2.18. The first kappa shape index (κ1) is 9.65. The average Bonchev–Trinajstić information content (AvgIpc) is 2.03. The van der Waals surface area contributed by atoms with Gasteiger partial charge in [0, 0.05) is 23.1 Å². The molecule has 2 nitrogen and oxygen atoms in total. The average molecular weight is 229 g/mol. The molecular formula is C9H13BrN2. The van der Waals surface area contributed by atoms with Gasteiger partial charge in [0.2, 0.25) is 0 Å². The Labute approximate surface area is 81.6 Å². The first-order valence-corrected chi connectivity index (χ1v) is 5.03. The van der Waals surface area contributed by atoms with Gasteiger partial charge in [-0.3, -0.25) is 0 Å². The monoisotopic (exact) mass is 228 g/mol. The SMILES string of the molecule is CC(C)(C)c1ncc(CBr)cn1. The quantitative estimate of drug-likeness (QED) is 0.692. The van der Waals surface area contributed by atoms with Crippen LogP contribution in [0.15, 0.2) is 12.4 Å². The zero-order chi connectivity index (χ0) is 9.19. The first-order chi connectivity index (χ1) is 5.54. The highest BCUT2D eigenvalue weighted by Gasteiger charge is 2.16. The van der Waals surface area contributed by atoms with Crippen LogP contribution in [0.4, 0.5) is 0 Å². The maximum Gasteiger partial charge on any atom is 0.133 e. The normalized spacial score (nSPS) is 11.7. The lowest BCUT2D eigenvalue weighted by molar-refractivity contribution is 0.544. The highest BCUT2D eigenvalue weighted by Crippen LogP contribution is 2.17. The molecule has 66 valence electrons. The lowest BCUT2D eigenvalue weighted by atomic mass is 9.96. The summed E-state index contributed by atoms with van der Waals surface area (Å²) in [5.41, 5.74) is 1.16. The summed E-state index contributed by atoms with van der Waals surface area (Å²) in [7, 11) is 0. The molecule has 0 saturated heterocycles. The third-order valence-electron chi connectivity index (χ3n) is 1.53. The van der Waals surface area contributed by atoms with Crippen molar-refractivity contribution in [1.29, 1.82) is 0 Å². The first-order valence-electron chi connectivity index (χ1n) is 3.91. The molecule has 0 aliphatic rings. The number of nitrogens with zero attached hydrogens (tertiary/aromatic N) is 2. The molecule has 0 unspecified atom stereocenters. The lowest BCUT2D eigenvalue weighted by Crippen LogP contribution is -2.15. The van der Waals surface area contributed by atoms with Gasteiger partial charge in [0.15, 0.2) is 0 Å². The molecule has 3 heteroatoms. The van der Waals surface area contributed by atoms with Crippen LogP contribution in [0.2, 0.25) is 0 Å². The van der Waals surface area contributed by atoms with Crippen molar-refractivity contribution in [1.82, 2.24) is 9.97 Å². The van der Waals surface area contributed by atoms with E-state index < -0.39 is 0 Å². The van der Waals surface area contributed by atoms with E-state index in [0.717, 1.165) is 16.7 Å². The minimum absolute atomic E-state index is 0.0465. The van der Waals surface area contributed by atoms with Crippen LogP contribution >= 0.6 is 15.9 Å². The van der Waals surface area contributed by atoms with Gasteiger partial charge in [-0.05, 0) is 5.56 Å². The van der Waals surface area contributed by atoms with E-state index in [0.29, 0.717) is 0 Å². The summed E-state index contributed by atoms with van der Waals surface area (Å²) in [5, 5.41) is 0.817. The van der Waals surface area contributed by atoms with Crippen LogP contribution in [-0.2, 0) is 10.7 Å². The van der Waals surface area contributed by atoms with Gasteiger partial charge < -0.3 is 0 Å². The van der Waals surface area contributed by atoms with Crippen molar-refractivity contribution in [3.05, 3.63) is 23.8 Å². The Morgan fingerprint density at radius 2 is 1.75 bits per heavy atom. The standard InChI is InChI=1S/C9H13BrN2/c1-9(2,3)8-11-5-7(4-10)6-12-8/h5-6H,4H2,1-3H3. The Kier molecular flexibility index (Phi) is 2.83. The van der Waals surface area contributed by atoms with E-state index in [2.05, 4.69) is 46.7 Å². The molecule has 1 heterocycles. The van der Waals surface area contributed by atoms with Crippen LogP contribution in [-0.4, -0.2) is 9.97 Å². The van der Waals surface area contributed by atoms with Crippen molar-refractivity contribution in [2.75, 3.05) is 0 Å². The summed E-state index contributed by atoms with van der Waals surface area (Å²) in [4.78, 5) is 8.56. The predicted octanol–water partition coefficient (Wildman–Crippen LogP) is 2.67. The zero-order valence-corrected chi connectivity index (χ0v) is 9.22. The van der Waals surface area contributed by atoms with E-state index in [9.17, 15) is 0 Å². The molecule has 0 aliphatic heterocycles. The van der Waals surface area contributed by atoms with Crippen molar-refractivity contribution < 1.29 is 0 Å². The van der Waals surface area contributed by atoms with Crippen molar-refractivity contribution in [3.63, 3.8) is 0 Å². The topological polar surface area (TPSA) is 25.8 Å². The zero-order valence-electron chi connectivity index (χ0n) is 7.63. The second-order valence-corrected chi connectivity index (χ2v) is 4.36. The molecule has 0 spiro atoms. The Bertz CT molecular complexity index is 248. The predicted molar refractivity (Wildman–Crippen MR) is 53.4 cm³/mol. The number of hydrogen-bond acceptors (Lipinski definition) is 2. The Hall–Kier alpha value is -0.440. The van der Waals surface area contributed by atoms with Crippen molar-refractivity contribution >= 4 is 15.9 Å². The fraction of sp³-hybridized carbons (Fsp3) is 0.556. The summed E-state index contributed by atoms with van der Waals surface area (Å²) in [6.07, 6.45) is 3.73. The van der Waals surface area contributed by atoms with Crippen molar-refractivity contribution in [3.8, 4) is 0 Å². The summed E-state index contributed by atoms with van der Waals surface area (Å²) in [6.45, 7) is 6.32. The molecule has 0 N–H and O–H groups in total. The maximum atomic E-state index is 4.28. The van der Waals surface area contributed by atoms with Crippen molar-refractivity contribution in [2.24, 2.45) is 0 Å². The minimum Gasteiger partial charge on any atom is -0.240 e. The van der Waals surface area contributed by atoms with Crippen LogP contribution < -0.4 is 0 Å². The molecule has 1 rings (SSSR count). The number of hydrogen-bond donors (Lipinski definition) is 0. The van der Waals surface area contributed by atoms with Crippen LogP contribution in [0.25, 0.3) is 0 Å². The molecule has 1 aromatic rings. The van der Waals surface area contributed by atoms with Gasteiger partial charge >= 0.3 is 0 Å². The molecule has 0 aromatic carbocycles. The van der Waals surface area contributed by atoms with Crippen LogP contribution in [0.1, 0.15) is 32.2 Å². The van der Waals surface area contributed by atoms with Crippen molar-refractivity contribution in [2.45, 2.75) is 31.5 Å². The fourth-order valence-electron chi connectivity index (χ4n) is 0.811. The van der Waals surface area contributed by atoms with Crippen LogP contribution in [0, 0.1) is 0 Å². The summed E-state index contributed by atoms with van der Waals surface area (Å²) in [6, 6.07) is 0. The number of aromatic nitrogens is 2. The largest absolute Gasteiger partial charge is 0.240 e. The molecule has 0 fully saturated rings. The summed E-state index contributed by atoms with van der Waals surface area (Å²) in [5.74, 6) is 0.896.